The summed E-state index contributed by atoms with van der Waals surface area (Å²) in [5, 5.41) is 9.00. The van der Waals surface area contributed by atoms with Gasteiger partial charge in [0.25, 0.3) is 0 Å². The lowest BCUT2D eigenvalue weighted by molar-refractivity contribution is 0.112. The highest BCUT2D eigenvalue weighted by molar-refractivity contribution is 9.11. The number of benzene rings is 2. The zero-order valence-corrected chi connectivity index (χ0v) is 13.7. The number of rotatable bonds is 4. The minimum atomic E-state index is -0.429. The smallest absolute Gasteiger partial charge is 0.150 e. The third kappa shape index (κ3) is 3.69. The molecule has 0 bridgehead atoms. The van der Waals surface area contributed by atoms with Crippen LogP contribution in [0.2, 0.25) is 0 Å². The van der Waals surface area contributed by atoms with Crippen molar-refractivity contribution in [1.29, 1.82) is 5.26 Å². The monoisotopic (exact) mass is 411 g/mol. The summed E-state index contributed by atoms with van der Waals surface area (Å²) in [6.45, 7) is 0.0400. The highest BCUT2D eigenvalue weighted by Crippen LogP contribution is 2.35. The van der Waals surface area contributed by atoms with E-state index in [2.05, 4.69) is 31.9 Å². The molecule has 0 fully saturated rings. The summed E-state index contributed by atoms with van der Waals surface area (Å²) in [4.78, 5) is 10.8. The molecule has 0 saturated carbocycles. The summed E-state index contributed by atoms with van der Waals surface area (Å²) in [7, 11) is 0. The van der Waals surface area contributed by atoms with E-state index in [1.165, 1.54) is 18.2 Å². The Hall–Kier alpha value is -1.71. The molecule has 0 saturated heterocycles. The molecule has 0 aromatic heterocycles. The van der Waals surface area contributed by atoms with Crippen molar-refractivity contribution in [3.8, 4) is 11.8 Å². The Labute approximate surface area is 137 Å². The second-order valence-corrected chi connectivity index (χ2v) is 5.84. The molecule has 0 aliphatic carbocycles. The van der Waals surface area contributed by atoms with Gasteiger partial charge in [0, 0.05) is 11.1 Å². The number of nitriles is 1. The van der Waals surface area contributed by atoms with E-state index in [1.54, 1.807) is 12.1 Å². The van der Waals surface area contributed by atoms with E-state index in [4.69, 9.17) is 10.00 Å². The van der Waals surface area contributed by atoms with Crippen LogP contribution in [0.25, 0.3) is 0 Å². The van der Waals surface area contributed by atoms with Crippen molar-refractivity contribution in [1.82, 2.24) is 0 Å². The van der Waals surface area contributed by atoms with Gasteiger partial charge in [0.1, 0.15) is 24.5 Å². The second-order valence-electron chi connectivity index (χ2n) is 4.13. The topological polar surface area (TPSA) is 50.1 Å². The maximum Gasteiger partial charge on any atom is 0.150 e. The van der Waals surface area contributed by atoms with Crippen LogP contribution >= 0.6 is 31.9 Å². The number of ether oxygens (including phenoxy) is 1. The first-order valence-electron chi connectivity index (χ1n) is 5.80. The maximum absolute atomic E-state index is 13.2. The van der Waals surface area contributed by atoms with Crippen molar-refractivity contribution in [2.24, 2.45) is 0 Å². The number of carbonyl (C=O) groups is 1. The fourth-order valence-electron chi connectivity index (χ4n) is 1.73. The van der Waals surface area contributed by atoms with Crippen LogP contribution in [-0.2, 0) is 6.61 Å². The number of halogens is 3. The molecule has 0 N–H and O–H groups in total. The molecular formula is C15H8Br2FNO2. The minimum Gasteiger partial charge on any atom is -0.486 e. The van der Waals surface area contributed by atoms with Gasteiger partial charge in [-0.05, 0) is 62.2 Å². The molecule has 0 spiro atoms. The summed E-state index contributed by atoms with van der Waals surface area (Å²) in [6, 6.07) is 9.12. The van der Waals surface area contributed by atoms with E-state index >= 15 is 0 Å². The summed E-state index contributed by atoms with van der Waals surface area (Å²) in [5.74, 6) is 0.0517. The predicted octanol–water partition coefficient (Wildman–Crippen LogP) is 4.61. The van der Waals surface area contributed by atoms with E-state index in [9.17, 15) is 9.18 Å². The molecule has 2 rings (SSSR count). The third-order valence-corrected chi connectivity index (χ3v) is 3.89. The van der Waals surface area contributed by atoms with Gasteiger partial charge in [-0.3, -0.25) is 4.79 Å². The fraction of sp³-hybridized carbons (Fsp3) is 0.0667. The molecular weight excluding hydrogens is 405 g/mol. The predicted molar refractivity (Wildman–Crippen MR) is 82.7 cm³/mol. The van der Waals surface area contributed by atoms with E-state index in [-0.39, 0.29) is 6.61 Å². The highest BCUT2D eigenvalue weighted by atomic mass is 79.9. The van der Waals surface area contributed by atoms with Crippen molar-refractivity contribution in [3.63, 3.8) is 0 Å². The molecule has 0 unspecified atom stereocenters. The van der Waals surface area contributed by atoms with Crippen LogP contribution in [-0.4, -0.2) is 6.29 Å². The second kappa shape index (κ2) is 6.83. The van der Waals surface area contributed by atoms with Crippen molar-refractivity contribution >= 4 is 38.1 Å². The molecule has 6 heteroatoms. The van der Waals surface area contributed by atoms with Gasteiger partial charge in [-0.2, -0.15) is 5.26 Å². The number of carbonyl (C=O) groups excluding carboxylic acids is 1. The largest absolute Gasteiger partial charge is 0.486 e. The van der Waals surface area contributed by atoms with E-state index < -0.39 is 5.82 Å². The maximum atomic E-state index is 13.2. The number of nitrogens with zero attached hydrogens (tertiary/aromatic N) is 1. The van der Waals surface area contributed by atoms with Crippen molar-refractivity contribution in [2.45, 2.75) is 6.61 Å². The molecule has 106 valence electrons. The summed E-state index contributed by atoms with van der Waals surface area (Å²) >= 11 is 6.62. The van der Waals surface area contributed by atoms with Gasteiger partial charge in [0.15, 0.2) is 0 Å². The van der Waals surface area contributed by atoms with Gasteiger partial charge in [-0.25, -0.2) is 4.39 Å². The van der Waals surface area contributed by atoms with Gasteiger partial charge in [-0.1, -0.05) is 0 Å². The van der Waals surface area contributed by atoms with E-state index in [0.29, 0.717) is 31.4 Å². The molecule has 0 atom stereocenters. The van der Waals surface area contributed by atoms with Crippen molar-refractivity contribution in [3.05, 3.63) is 61.8 Å². The van der Waals surface area contributed by atoms with Crippen LogP contribution in [0.15, 0.2) is 39.3 Å². The molecule has 2 aromatic rings. The van der Waals surface area contributed by atoms with Crippen LogP contribution in [0, 0.1) is 17.1 Å². The molecule has 2 aromatic carbocycles. The zero-order valence-electron chi connectivity index (χ0n) is 10.6. The third-order valence-electron chi connectivity index (χ3n) is 2.72. The normalized spacial score (nSPS) is 10.0. The van der Waals surface area contributed by atoms with Crippen LogP contribution in [0.3, 0.4) is 0 Å². The molecule has 0 amide bonds. The first-order valence-corrected chi connectivity index (χ1v) is 7.39. The highest BCUT2D eigenvalue weighted by Gasteiger charge is 2.11. The van der Waals surface area contributed by atoms with Gasteiger partial charge in [-0.15, -0.1) is 0 Å². The fourth-order valence-corrected chi connectivity index (χ4v) is 3.18. The number of aldehydes is 1. The average Bonchev–Trinajstić information content (AvgIpc) is 2.46. The Morgan fingerprint density at radius 1 is 1.24 bits per heavy atom. The number of hydrogen-bond donors (Lipinski definition) is 0. The van der Waals surface area contributed by atoms with Crippen LogP contribution in [0.1, 0.15) is 21.5 Å². The molecule has 0 heterocycles. The molecule has 0 radical (unpaired) electrons. The summed E-state index contributed by atoms with van der Waals surface area (Å²) in [5.41, 5.74) is 1.30. The number of hydrogen-bond acceptors (Lipinski definition) is 3. The van der Waals surface area contributed by atoms with Crippen LogP contribution < -0.4 is 4.74 Å². The zero-order chi connectivity index (χ0) is 15.4. The molecule has 0 aliphatic heterocycles. The van der Waals surface area contributed by atoms with Crippen molar-refractivity contribution < 1.29 is 13.9 Å². The molecule has 3 nitrogen and oxygen atoms in total. The van der Waals surface area contributed by atoms with Crippen LogP contribution in [0.4, 0.5) is 4.39 Å². The summed E-state index contributed by atoms with van der Waals surface area (Å²) in [6.07, 6.45) is 0.722. The van der Waals surface area contributed by atoms with Crippen molar-refractivity contribution in [2.75, 3.05) is 0 Å². The van der Waals surface area contributed by atoms with E-state index in [0.717, 1.165) is 6.29 Å². The first kappa shape index (κ1) is 15.7. The Bertz CT molecular complexity index is 718. The lowest BCUT2D eigenvalue weighted by Gasteiger charge is -2.12. The Morgan fingerprint density at radius 2 is 1.90 bits per heavy atom. The lowest BCUT2D eigenvalue weighted by atomic mass is 10.1. The van der Waals surface area contributed by atoms with Gasteiger partial charge < -0.3 is 4.74 Å². The Morgan fingerprint density at radius 3 is 2.48 bits per heavy atom. The van der Waals surface area contributed by atoms with Gasteiger partial charge in [0.2, 0.25) is 0 Å². The molecule has 0 aliphatic rings. The van der Waals surface area contributed by atoms with Crippen LogP contribution in [0.5, 0.6) is 5.75 Å². The Kier molecular flexibility index (Phi) is 5.10. The standard InChI is InChI=1S/C15H8Br2FNO2/c16-13-3-9(7-20)4-14(17)15(13)21-8-11-5-12(18)2-1-10(11)6-19/h1-5,7H,8H2. The molecule has 21 heavy (non-hydrogen) atoms. The first-order chi connectivity index (χ1) is 10.0. The van der Waals surface area contributed by atoms with E-state index in [1.807, 2.05) is 6.07 Å². The quantitative estimate of drug-likeness (QED) is 0.688. The summed E-state index contributed by atoms with van der Waals surface area (Å²) < 4.78 is 20.1. The average molecular weight is 413 g/mol. The lowest BCUT2D eigenvalue weighted by Crippen LogP contribution is -2.01. The van der Waals surface area contributed by atoms with Gasteiger partial charge in [0.05, 0.1) is 20.6 Å². The Balaban J connectivity index is 2.27. The SMILES string of the molecule is N#Cc1ccc(F)cc1COc1c(Br)cc(C=O)cc1Br. The van der Waals surface area contributed by atoms with Gasteiger partial charge >= 0.3 is 0 Å². The minimum absolute atomic E-state index is 0.0400.